The van der Waals surface area contributed by atoms with Crippen LogP contribution in [-0.4, -0.2) is 66.1 Å². The first-order valence-corrected chi connectivity index (χ1v) is 12.5. The summed E-state index contributed by atoms with van der Waals surface area (Å²) in [5.41, 5.74) is 0.962. The second-order valence-electron chi connectivity index (χ2n) is 8.27. The number of nitrogens with one attached hydrogen (secondary N) is 1. The number of likely N-dealkylation sites (tertiary alicyclic amines) is 1. The molecule has 2 saturated heterocycles. The summed E-state index contributed by atoms with van der Waals surface area (Å²) in [5, 5.41) is 2.59. The number of piperidine rings is 1. The molecule has 0 bridgehead atoms. The zero-order valence-corrected chi connectivity index (χ0v) is 18.7. The van der Waals surface area contributed by atoms with Crippen LogP contribution in [0.3, 0.4) is 0 Å². The first kappa shape index (κ1) is 21.8. The fourth-order valence-electron chi connectivity index (χ4n) is 4.34. The van der Waals surface area contributed by atoms with Gasteiger partial charge < -0.3 is 10.2 Å². The van der Waals surface area contributed by atoms with E-state index in [1.165, 1.54) is 0 Å². The number of nitrogens with zero attached hydrogens (tertiary/aromatic N) is 2. The smallest absolute Gasteiger partial charge is 0.279 e. The molecule has 2 fully saturated rings. The molecule has 4 rings (SSSR count). The van der Waals surface area contributed by atoms with Crippen LogP contribution >= 0.6 is 11.6 Å². The maximum absolute atomic E-state index is 12.8. The number of amides is 3. The topological polar surface area (TPSA) is 104 Å². The third-order valence-corrected chi connectivity index (χ3v) is 8.20. The molecule has 3 heterocycles. The Morgan fingerprint density at radius 1 is 1.10 bits per heavy atom. The molecule has 1 aromatic carbocycles. The van der Waals surface area contributed by atoms with Gasteiger partial charge in [0.1, 0.15) is 10.7 Å². The second kappa shape index (κ2) is 8.27. The van der Waals surface area contributed by atoms with Gasteiger partial charge in [-0.1, -0.05) is 11.6 Å². The van der Waals surface area contributed by atoms with E-state index in [1.807, 2.05) is 11.8 Å². The number of carbonyl (C=O) groups is 3. The highest BCUT2D eigenvalue weighted by molar-refractivity contribution is 7.91. The zero-order valence-electron chi connectivity index (χ0n) is 17.1. The van der Waals surface area contributed by atoms with Crippen molar-refractivity contribution in [2.45, 2.75) is 44.7 Å². The zero-order chi connectivity index (χ0) is 22.3. The SMILES string of the molecule is CC1CCCCN1C(=O)c1ccc(NC2=C(Cl)C(=O)N(C3CCS(=O)(=O)C3)C2=O)cc1. The molecular formula is C21H24ClN3O5S. The Morgan fingerprint density at radius 2 is 1.81 bits per heavy atom. The van der Waals surface area contributed by atoms with Crippen molar-refractivity contribution in [2.75, 3.05) is 23.4 Å². The second-order valence-corrected chi connectivity index (χ2v) is 10.9. The van der Waals surface area contributed by atoms with Crippen LogP contribution in [0.15, 0.2) is 35.0 Å². The number of rotatable bonds is 4. The van der Waals surface area contributed by atoms with E-state index >= 15 is 0 Å². The highest BCUT2D eigenvalue weighted by atomic mass is 35.5. The lowest BCUT2D eigenvalue weighted by molar-refractivity contribution is -0.139. The molecule has 0 spiro atoms. The number of carbonyl (C=O) groups excluding carboxylic acids is 3. The third kappa shape index (κ3) is 4.21. The maximum atomic E-state index is 12.8. The lowest BCUT2D eigenvalue weighted by Gasteiger charge is -2.33. The van der Waals surface area contributed by atoms with Gasteiger partial charge in [-0.15, -0.1) is 0 Å². The number of anilines is 1. The minimum absolute atomic E-state index is 0.0308. The molecule has 8 nitrogen and oxygen atoms in total. The minimum Gasteiger partial charge on any atom is -0.350 e. The summed E-state index contributed by atoms with van der Waals surface area (Å²) in [6, 6.07) is 6.14. The normalized spacial score (nSPS) is 26.0. The van der Waals surface area contributed by atoms with E-state index in [2.05, 4.69) is 5.32 Å². The van der Waals surface area contributed by atoms with Gasteiger partial charge in [-0.3, -0.25) is 19.3 Å². The Hall–Kier alpha value is -2.39. The number of hydrogen-bond acceptors (Lipinski definition) is 6. The van der Waals surface area contributed by atoms with Gasteiger partial charge in [-0.25, -0.2) is 8.42 Å². The molecule has 166 valence electrons. The standard InChI is InChI=1S/C21H24ClN3O5S/c1-13-4-2-3-10-24(13)19(26)14-5-7-15(8-6-14)23-18-17(22)20(27)25(21(18)28)16-9-11-31(29,30)12-16/h5-8,13,16,23H,2-4,9-12H2,1H3. The van der Waals surface area contributed by atoms with Gasteiger partial charge in [0.25, 0.3) is 17.7 Å². The van der Waals surface area contributed by atoms with Crippen molar-refractivity contribution in [1.82, 2.24) is 9.80 Å². The van der Waals surface area contributed by atoms with Crippen molar-refractivity contribution in [1.29, 1.82) is 0 Å². The fourth-order valence-corrected chi connectivity index (χ4v) is 6.26. The number of sulfone groups is 1. The lowest BCUT2D eigenvalue weighted by atomic mass is 10.0. The third-order valence-electron chi connectivity index (χ3n) is 6.10. The molecule has 2 unspecified atom stereocenters. The number of imide groups is 1. The number of benzene rings is 1. The van der Waals surface area contributed by atoms with Crippen LogP contribution in [0.5, 0.6) is 0 Å². The van der Waals surface area contributed by atoms with E-state index < -0.39 is 27.7 Å². The van der Waals surface area contributed by atoms with E-state index in [9.17, 15) is 22.8 Å². The molecule has 0 aromatic heterocycles. The summed E-state index contributed by atoms with van der Waals surface area (Å²) < 4.78 is 23.5. The summed E-state index contributed by atoms with van der Waals surface area (Å²) >= 11 is 6.11. The van der Waals surface area contributed by atoms with Gasteiger partial charge in [0.05, 0.1) is 17.5 Å². The average molecular weight is 466 g/mol. The predicted octanol–water partition coefficient (Wildman–Crippen LogP) is 2.12. The lowest BCUT2D eigenvalue weighted by Crippen LogP contribution is -2.42. The van der Waals surface area contributed by atoms with E-state index in [0.717, 1.165) is 30.7 Å². The van der Waals surface area contributed by atoms with E-state index in [-0.39, 0.29) is 40.6 Å². The number of halogens is 1. The molecule has 3 amide bonds. The molecule has 0 aliphatic carbocycles. The van der Waals surface area contributed by atoms with Crippen molar-refractivity contribution < 1.29 is 22.8 Å². The van der Waals surface area contributed by atoms with Gasteiger partial charge in [-0.05, 0) is 56.9 Å². The fraction of sp³-hybridized carbons (Fsp3) is 0.476. The summed E-state index contributed by atoms with van der Waals surface area (Å²) in [5.74, 6) is -1.66. The molecule has 2 atom stereocenters. The van der Waals surface area contributed by atoms with Crippen LogP contribution in [0.1, 0.15) is 43.0 Å². The molecule has 3 aliphatic rings. The van der Waals surface area contributed by atoms with Crippen molar-refractivity contribution in [3.05, 3.63) is 40.6 Å². The molecule has 3 aliphatic heterocycles. The van der Waals surface area contributed by atoms with Gasteiger partial charge in [0.15, 0.2) is 9.84 Å². The van der Waals surface area contributed by atoms with Gasteiger partial charge in [0, 0.05) is 23.8 Å². The van der Waals surface area contributed by atoms with E-state index in [0.29, 0.717) is 11.3 Å². The van der Waals surface area contributed by atoms with Crippen molar-refractivity contribution in [3.8, 4) is 0 Å². The molecule has 0 radical (unpaired) electrons. The molecule has 0 saturated carbocycles. The monoisotopic (exact) mass is 465 g/mol. The maximum Gasteiger partial charge on any atom is 0.279 e. The average Bonchev–Trinajstić information content (AvgIpc) is 3.19. The van der Waals surface area contributed by atoms with Crippen LogP contribution in [0.4, 0.5) is 5.69 Å². The molecule has 1 N–H and O–H groups in total. The first-order chi connectivity index (χ1) is 14.7. The van der Waals surface area contributed by atoms with Crippen molar-refractivity contribution in [2.24, 2.45) is 0 Å². The van der Waals surface area contributed by atoms with Crippen LogP contribution in [-0.2, 0) is 19.4 Å². The first-order valence-electron chi connectivity index (χ1n) is 10.3. The van der Waals surface area contributed by atoms with Crippen LogP contribution < -0.4 is 5.32 Å². The highest BCUT2D eigenvalue weighted by Crippen LogP contribution is 2.31. The minimum atomic E-state index is -3.26. The number of hydrogen-bond donors (Lipinski definition) is 1. The van der Waals surface area contributed by atoms with Crippen molar-refractivity contribution in [3.63, 3.8) is 0 Å². The summed E-state index contributed by atoms with van der Waals surface area (Å²) in [4.78, 5) is 40.9. The summed E-state index contributed by atoms with van der Waals surface area (Å²) in [6.45, 7) is 2.79. The Balaban J connectivity index is 1.47. The van der Waals surface area contributed by atoms with Crippen LogP contribution in [0, 0.1) is 0 Å². The highest BCUT2D eigenvalue weighted by Gasteiger charge is 2.45. The Morgan fingerprint density at radius 3 is 2.42 bits per heavy atom. The van der Waals surface area contributed by atoms with Gasteiger partial charge in [0.2, 0.25) is 0 Å². The predicted molar refractivity (Wildman–Crippen MR) is 116 cm³/mol. The summed E-state index contributed by atoms with van der Waals surface area (Å²) in [6.07, 6.45) is 3.33. The molecule has 1 aromatic rings. The Kier molecular flexibility index (Phi) is 5.83. The van der Waals surface area contributed by atoms with Crippen LogP contribution in [0.25, 0.3) is 0 Å². The largest absolute Gasteiger partial charge is 0.350 e. The van der Waals surface area contributed by atoms with Gasteiger partial charge >= 0.3 is 0 Å². The molecule has 10 heteroatoms. The van der Waals surface area contributed by atoms with E-state index in [1.54, 1.807) is 24.3 Å². The molecule has 31 heavy (non-hydrogen) atoms. The molecular weight excluding hydrogens is 442 g/mol. The summed E-state index contributed by atoms with van der Waals surface area (Å²) in [7, 11) is -3.26. The van der Waals surface area contributed by atoms with Crippen LogP contribution in [0.2, 0.25) is 0 Å². The van der Waals surface area contributed by atoms with E-state index in [4.69, 9.17) is 11.6 Å². The Bertz CT molecular complexity index is 1070. The quantitative estimate of drug-likeness (QED) is 0.683. The van der Waals surface area contributed by atoms with Crippen molar-refractivity contribution >= 4 is 44.8 Å². The van der Waals surface area contributed by atoms with Gasteiger partial charge in [-0.2, -0.15) is 0 Å². The Labute approximate surface area is 186 Å².